The van der Waals surface area contributed by atoms with Gasteiger partial charge in [0.15, 0.2) is 5.78 Å². The fourth-order valence-electron chi connectivity index (χ4n) is 1.14. The van der Waals surface area contributed by atoms with Crippen LogP contribution in [0, 0.1) is 18.3 Å². The predicted octanol–water partition coefficient (Wildman–Crippen LogP) is 3.50. The van der Waals surface area contributed by atoms with Crippen LogP contribution < -0.4 is 0 Å². The molecule has 1 rings (SSSR count). The molecular weight excluding hydrogens is 198 g/mol. The average Bonchev–Trinajstić information content (AvgIpc) is 2.29. The van der Waals surface area contributed by atoms with Crippen LogP contribution in [0.1, 0.15) is 37.5 Å². The lowest BCUT2D eigenvalue weighted by molar-refractivity contribution is -0.112. The van der Waals surface area contributed by atoms with Gasteiger partial charge in [-0.1, -0.05) is 26.0 Å². The van der Waals surface area contributed by atoms with Gasteiger partial charge in [0, 0.05) is 0 Å². The standard InChI is InChI=1S/C12H11NO.C2H6/c1-9-7-11(8-13)4-6-12(9)5-3-10(2)14;1-2/h3-7H,1-2H3;1-2H3/b5-3-;. The van der Waals surface area contributed by atoms with Crippen molar-refractivity contribution in [3.8, 4) is 6.07 Å². The largest absolute Gasteiger partial charge is 0.295 e. The molecule has 0 saturated heterocycles. The van der Waals surface area contributed by atoms with Gasteiger partial charge >= 0.3 is 0 Å². The number of rotatable bonds is 2. The van der Waals surface area contributed by atoms with Gasteiger partial charge in [0.2, 0.25) is 0 Å². The van der Waals surface area contributed by atoms with E-state index in [0.29, 0.717) is 5.56 Å². The lowest BCUT2D eigenvalue weighted by Gasteiger charge is -1.99. The normalized spacial score (nSPS) is 9.19. The van der Waals surface area contributed by atoms with Crippen molar-refractivity contribution in [2.24, 2.45) is 0 Å². The van der Waals surface area contributed by atoms with E-state index in [1.165, 1.54) is 13.0 Å². The zero-order valence-corrected chi connectivity index (χ0v) is 10.2. The van der Waals surface area contributed by atoms with E-state index in [1.807, 2.05) is 26.8 Å². The van der Waals surface area contributed by atoms with Crippen LogP contribution >= 0.6 is 0 Å². The lowest BCUT2D eigenvalue weighted by Crippen LogP contribution is -1.85. The Kier molecular flexibility index (Phi) is 6.55. The number of benzene rings is 1. The summed E-state index contributed by atoms with van der Waals surface area (Å²) in [7, 11) is 0. The Morgan fingerprint density at radius 3 is 2.44 bits per heavy atom. The van der Waals surface area contributed by atoms with E-state index < -0.39 is 0 Å². The van der Waals surface area contributed by atoms with Crippen LogP contribution in [0.15, 0.2) is 24.3 Å². The second kappa shape index (κ2) is 7.42. The topological polar surface area (TPSA) is 40.9 Å². The molecule has 1 aromatic carbocycles. The van der Waals surface area contributed by atoms with Crippen molar-refractivity contribution >= 4 is 11.9 Å². The Balaban J connectivity index is 0.00000106. The van der Waals surface area contributed by atoms with Gasteiger partial charge in [-0.15, -0.1) is 0 Å². The molecule has 0 bridgehead atoms. The molecule has 0 aliphatic heterocycles. The second-order valence-corrected chi connectivity index (χ2v) is 3.13. The van der Waals surface area contributed by atoms with Gasteiger partial charge in [-0.25, -0.2) is 0 Å². The number of carbonyl (C=O) groups is 1. The zero-order chi connectivity index (χ0) is 12.6. The van der Waals surface area contributed by atoms with Crippen LogP contribution in [0.25, 0.3) is 6.08 Å². The van der Waals surface area contributed by atoms with Crippen LogP contribution in [0.5, 0.6) is 0 Å². The summed E-state index contributed by atoms with van der Waals surface area (Å²) < 4.78 is 0. The van der Waals surface area contributed by atoms with Gasteiger partial charge in [0.1, 0.15) is 0 Å². The Morgan fingerprint density at radius 1 is 1.38 bits per heavy atom. The Labute approximate surface area is 97.2 Å². The minimum absolute atomic E-state index is 0.0220. The molecule has 0 saturated carbocycles. The monoisotopic (exact) mass is 215 g/mol. The summed E-state index contributed by atoms with van der Waals surface area (Å²) in [6.07, 6.45) is 3.28. The minimum Gasteiger partial charge on any atom is -0.295 e. The maximum atomic E-state index is 10.7. The van der Waals surface area contributed by atoms with Gasteiger partial charge in [0.25, 0.3) is 0 Å². The maximum absolute atomic E-state index is 10.7. The van der Waals surface area contributed by atoms with Crippen molar-refractivity contribution in [1.29, 1.82) is 5.26 Å². The van der Waals surface area contributed by atoms with Crippen LogP contribution in [0.3, 0.4) is 0 Å². The van der Waals surface area contributed by atoms with Crippen LogP contribution in [0.4, 0.5) is 0 Å². The SMILES string of the molecule is CC.CC(=O)/C=C\c1ccc(C#N)cc1C. The molecule has 0 spiro atoms. The smallest absolute Gasteiger partial charge is 0.152 e. The van der Waals surface area contributed by atoms with Gasteiger partial charge in [-0.05, 0) is 43.2 Å². The van der Waals surface area contributed by atoms with Crippen LogP contribution in [-0.4, -0.2) is 5.78 Å². The average molecular weight is 215 g/mol. The predicted molar refractivity (Wildman–Crippen MR) is 67.0 cm³/mol. The first-order valence-electron chi connectivity index (χ1n) is 5.33. The van der Waals surface area contributed by atoms with Crippen molar-refractivity contribution in [3.05, 3.63) is 41.0 Å². The summed E-state index contributed by atoms with van der Waals surface area (Å²) in [5.74, 6) is 0.0220. The second-order valence-electron chi connectivity index (χ2n) is 3.13. The number of nitriles is 1. The molecular formula is C14H17NO. The number of ketones is 1. The number of aryl methyl sites for hydroxylation is 1. The first kappa shape index (κ1) is 14.1. The molecule has 0 fully saturated rings. The lowest BCUT2D eigenvalue weighted by atomic mass is 10.1. The highest BCUT2D eigenvalue weighted by atomic mass is 16.1. The zero-order valence-electron chi connectivity index (χ0n) is 10.2. The molecule has 0 atom stereocenters. The summed E-state index contributed by atoms with van der Waals surface area (Å²) in [5, 5.41) is 8.65. The maximum Gasteiger partial charge on any atom is 0.152 e. The molecule has 1 aromatic rings. The fraction of sp³-hybridized carbons (Fsp3) is 0.286. The van der Waals surface area contributed by atoms with Gasteiger partial charge in [-0.3, -0.25) is 4.79 Å². The number of hydrogen-bond acceptors (Lipinski definition) is 2. The van der Waals surface area contributed by atoms with E-state index in [4.69, 9.17) is 5.26 Å². The van der Waals surface area contributed by atoms with Crippen molar-refractivity contribution in [3.63, 3.8) is 0 Å². The molecule has 0 aromatic heterocycles. The molecule has 0 N–H and O–H groups in total. The molecule has 0 amide bonds. The summed E-state index contributed by atoms with van der Waals surface area (Å²) >= 11 is 0. The first-order valence-corrected chi connectivity index (χ1v) is 5.33. The molecule has 0 aliphatic carbocycles. The molecule has 0 radical (unpaired) electrons. The summed E-state index contributed by atoms with van der Waals surface area (Å²) in [4.78, 5) is 10.7. The van der Waals surface area contributed by atoms with Crippen molar-refractivity contribution < 1.29 is 4.79 Å². The Bertz CT molecular complexity index is 425. The number of allylic oxidation sites excluding steroid dienone is 1. The Morgan fingerprint density at radius 2 is 2.00 bits per heavy atom. The van der Waals surface area contributed by atoms with Crippen LogP contribution in [-0.2, 0) is 4.79 Å². The fourth-order valence-corrected chi connectivity index (χ4v) is 1.14. The molecule has 0 aliphatic rings. The van der Waals surface area contributed by atoms with E-state index in [1.54, 1.807) is 18.2 Å². The third-order valence-corrected chi connectivity index (χ3v) is 1.90. The summed E-state index contributed by atoms with van der Waals surface area (Å²) in [6.45, 7) is 7.43. The molecule has 16 heavy (non-hydrogen) atoms. The third kappa shape index (κ3) is 4.56. The van der Waals surface area contributed by atoms with E-state index in [2.05, 4.69) is 6.07 Å². The van der Waals surface area contributed by atoms with Gasteiger partial charge in [-0.2, -0.15) is 5.26 Å². The Hall–Kier alpha value is -1.88. The van der Waals surface area contributed by atoms with E-state index in [-0.39, 0.29) is 5.78 Å². The first-order chi connectivity index (χ1) is 7.63. The van der Waals surface area contributed by atoms with Crippen molar-refractivity contribution in [1.82, 2.24) is 0 Å². The minimum atomic E-state index is 0.0220. The highest BCUT2D eigenvalue weighted by molar-refractivity contribution is 5.91. The number of hydrogen-bond donors (Lipinski definition) is 0. The van der Waals surface area contributed by atoms with Crippen LogP contribution in [0.2, 0.25) is 0 Å². The molecule has 2 nitrogen and oxygen atoms in total. The summed E-state index contributed by atoms with van der Waals surface area (Å²) in [5.41, 5.74) is 2.61. The van der Waals surface area contributed by atoms with E-state index >= 15 is 0 Å². The molecule has 84 valence electrons. The van der Waals surface area contributed by atoms with Gasteiger partial charge < -0.3 is 0 Å². The van der Waals surface area contributed by atoms with Crippen molar-refractivity contribution in [2.45, 2.75) is 27.7 Å². The van der Waals surface area contributed by atoms with E-state index in [9.17, 15) is 4.79 Å². The molecule has 0 unspecified atom stereocenters. The summed E-state index contributed by atoms with van der Waals surface area (Å²) in [6, 6.07) is 7.46. The third-order valence-electron chi connectivity index (χ3n) is 1.90. The quantitative estimate of drug-likeness (QED) is 0.708. The van der Waals surface area contributed by atoms with Gasteiger partial charge in [0.05, 0.1) is 11.6 Å². The number of carbonyl (C=O) groups excluding carboxylic acids is 1. The number of nitrogens with zero attached hydrogens (tertiary/aromatic N) is 1. The highest BCUT2D eigenvalue weighted by Gasteiger charge is 1.96. The van der Waals surface area contributed by atoms with E-state index in [0.717, 1.165) is 11.1 Å². The molecule has 0 heterocycles. The highest BCUT2D eigenvalue weighted by Crippen LogP contribution is 2.12. The van der Waals surface area contributed by atoms with Crippen molar-refractivity contribution in [2.75, 3.05) is 0 Å². The molecule has 2 heteroatoms.